The number of carbonyl (C=O) groups is 1. The minimum absolute atomic E-state index is 0.149. The molecule has 1 rings (SSSR count). The molecule has 0 bridgehead atoms. The second-order valence-corrected chi connectivity index (χ2v) is 6.44. The Hall–Kier alpha value is -0.570. The summed E-state index contributed by atoms with van der Waals surface area (Å²) in [6.45, 7) is 12.1. The molecule has 4 atom stereocenters. The first-order valence-electron chi connectivity index (χ1n) is 6.69. The third-order valence-electron chi connectivity index (χ3n) is 3.69. The molecule has 0 radical (unpaired) electrons. The number of carbonyl (C=O) groups excluding carboxylic acids is 1. The van der Waals surface area contributed by atoms with Crippen LogP contribution in [-0.4, -0.2) is 23.7 Å². The van der Waals surface area contributed by atoms with Gasteiger partial charge in [-0.25, -0.2) is 0 Å². The Bertz CT molecular complexity index is 270. The number of hydrogen-bond donors (Lipinski definition) is 1. The van der Waals surface area contributed by atoms with Crippen molar-refractivity contribution < 1.29 is 9.53 Å². The lowest BCUT2D eigenvalue weighted by Gasteiger charge is -2.26. The normalized spacial score (nSPS) is 31.3. The smallest absolute Gasteiger partial charge is 0.323 e. The van der Waals surface area contributed by atoms with Crippen LogP contribution in [-0.2, 0) is 9.53 Å². The predicted octanol–water partition coefficient (Wildman–Crippen LogP) is 2.74. The van der Waals surface area contributed by atoms with Crippen molar-refractivity contribution in [2.75, 3.05) is 0 Å². The molecule has 0 aromatic rings. The summed E-state index contributed by atoms with van der Waals surface area (Å²) in [7, 11) is 0. The van der Waals surface area contributed by atoms with Crippen LogP contribution >= 0.6 is 0 Å². The van der Waals surface area contributed by atoms with E-state index in [9.17, 15) is 4.79 Å². The van der Waals surface area contributed by atoms with Crippen LogP contribution in [0.1, 0.15) is 54.4 Å². The predicted molar refractivity (Wildman–Crippen MR) is 69.8 cm³/mol. The highest BCUT2D eigenvalue weighted by Crippen LogP contribution is 2.31. The fourth-order valence-corrected chi connectivity index (χ4v) is 2.38. The molecule has 3 heteroatoms. The van der Waals surface area contributed by atoms with Gasteiger partial charge >= 0.3 is 5.97 Å². The van der Waals surface area contributed by atoms with E-state index in [0.29, 0.717) is 12.0 Å². The van der Waals surface area contributed by atoms with Gasteiger partial charge in [0, 0.05) is 6.04 Å². The van der Waals surface area contributed by atoms with E-state index < -0.39 is 5.60 Å². The fraction of sp³-hybridized carbons (Fsp3) is 0.929. The van der Waals surface area contributed by atoms with Crippen LogP contribution in [0.15, 0.2) is 0 Å². The minimum atomic E-state index is -0.401. The van der Waals surface area contributed by atoms with Gasteiger partial charge in [-0.3, -0.25) is 4.79 Å². The van der Waals surface area contributed by atoms with Gasteiger partial charge in [0.15, 0.2) is 0 Å². The number of ether oxygens (including phenoxy) is 1. The molecule has 0 spiro atoms. The number of rotatable bonds is 3. The van der Waals surface area contributed by atoms with E-state index in [-0.39, 0.29) is 12.0 Å². The van der Waals surface area contributed by atoms with E-state index in [2.05, 4.69) is 19.2 Å². The van der Waals surface area contributed by atoms with Gasteiger partial charge in [0.25, 0.3) is 0 Å². The molecular weight excluding hydrogens is 214 g/mol. The molecule has 3 nitrogen and oxygen atoms in total. The summed E-state index contributed by atoms with van der Waals surface area (Å²) in [5, 5.41) is 3.41. The van der Waals surface area contributed by atoms with Crippen molar-refractivity contribution in [2.45, 2.75) is 72.1 Å². The summed E-state index contributed by atoms with van der Waals surface area (Å²) >= 11 is 0. The molecule has 1 aliphatic carbocycles. The Labute approximate surface area is 105 Å². The zero-order chi connectivity index (χ0) is 13.2. The number of hydrogen-bond acceptors (Lipinski definition) is 3. The molecule has 4 unspecified atom stereocenters. The molecule has 1 fully saturated rings. The average Bonchev–Trinajstić information content (AvgIpc) is 2.47. The van der Waals surface area contributed by atoms with Gasteiger partial charge in [0.05, 0.1) is 0 Å². The van der Waals surface area contributed by atoms with Gasteiger partial charge < -0.3 is 10.1 Å². The largest absolute Gasteiger partial charge is 0.459 e. The van der Waals surface area contributed by atoms with Crippen molar-refractivity contribution in [3.05, 3.63) is 0 Å². The molecular formula is C14H27NO2. The van der Waals surface area contributed by atoms with Crippen molar-refractivity contribution >= 4 is 5.97 Å². The quantitative estimate of drug-likeness (QED) is 0.772. The van der Waals surface area contributed by atoms with E-state index in [1.54, 1.807) is 0 Å². The van der Waals surface area contributed by atoms with Crippen molar-refractivity contribution in [3.63, 3.8) is 0 Å². The van der Waals surface area contributed by atoms with E-state index in [1.165, 1.54) is 6.42 Å². The first kappa shape index (κ1) is 14.5. The molecule has 0 aromatic heterocycles. The van der Waals surface area contributed by atoms with Crippen LogP contribution in [0.25, 0.3) is 0 Å². The lowest BCUT2D eigenvalue weighted by Crippen LogP contribution is -2.45. The Morgan fingerprint density at radius 2 is 1.88 bits per heavy atom. The maximum absolute atomic E-state index is 11.8. The van der Waals surface area contributed by atoms with E-state index in [0.717, 1.165) is 12.3 Å². The van der Waals surface area contributed by atoms with Crippen molar-refractivity contribution in [3.8, 4) is 0 Å². The maximum Gasteiger partial charge on any atom is 0.323 e. The van der Waals surface area contributed by atoms with Gasteiger partial charge in [-0.1, -0.05) is 13.8 Å². The van der Waals surface area contributed by atoms with Crippen LogP contribution < -0.4 is 5.32 Å². The molecule has 100 valence electrons. The molecule has 1 saturated carbocycles. The molecule has 0 heterocycles. The van der Waals surface area contributed by atoms with Gasteiger partial charge in [-0.2, -0.15) is 0 Å². The zero-order valence-corrected chi connectivity index (χ0v) is 12.0. The van der Waals surface area contributed by atoms with Gasteiger partial charge in [0.1, 0.15) is 11.6 Å². The van der Waals surface area contributed by atoms with E-state index >= 15 is 0 Å². The highest BCUT2D eigenvalue weighted by atomic mass is 16.6. The van der Waals surface area contributed by atoms with Crippen LogP contribution in [0, 0.1) is 11.8 Å². The average molecular weight is 241 g/mol. The maximum atomic E-state index is 11.8. The summed E-state index contributed by atoms with van der Waals surface area (Å²) < 4.78 is 5.37. The highest BCUT2D eigenvalue weighted by Gasteiger charge is 2.32. The fourth-order valence-electron chi connectivity index (χ4n) is 2.38. The third-order valence-corrected chi connectivity index (χ3v) is 3.69. The topological polar surface area (TPSA) is 38.3 Å². The van der Waals surface area contributed by atoms with Crippen LogP contribution in [0.4, 0.5) is 0 Å². The van der Waals surface area contributed by atoms with Gasteiger partial charge in [0.2, 0.25) is 0 Å². The molecule has 0 aliphatic heterocycles. The first-order valence-corrected chi connectivity index (χ1v) is 6.69. The third kappa shape index (κ3) is 4.30. The van der Waals surface area contributed by atoms with Crippen LogP contribution in [0.2, 0.25) is 0 Å². The number of esters is 1. The Morgan fingerprint density at radius 1 is 1.29 bits per heavy atom. The molecule has 1 N–H and O–H groups in total. The zero-order valence-electron chi connectivity index (χ0n) is 12.0. The molecule has 17 heavy (non-hydrogen) atoms. The van der Waals surface area contributed by atoms with E-state index in [1.807, 2.05) is 27.7 Å². The highest BCUT2D eigenvalue weighted by molar-refractivity contribution is 5.75. The lowest BCUT2D eigenvalue weighted by atomic mass is 9.97. The van der Waals surface area contributed by atoms with Crippen molar-refractivity contribution in [2.24, 2.45) is 11.8 Å². The number of nitrogens with one attached hydrogen (secondary N) is 1. The van der Waals surface area contributed by atoms with Crippen LogP contribution in [0.3, 0.4) is 0 Å². The Kier molecular flexibility index (Phi) is 4.59. The monoisotopic (exact) mass is 241 g/mol. The summed E-state index contributed by atoms with van der Waals surface area (Å²) in [6.07, 6.45) is 2.41. The second-order valence-electron chi connectivity index (χ2n) is 6.44. The Morgan fingerprint density at radius 3 is 2.29 bits per heavy atom. The van der Waals surface area contributed by atoms with E-state index in [4.69, 9.17) is 4.74 Å². The second kappa shape index (κ2) is 5.38. The Balaban J connectivity index is 2.44. The summed E-state index contributed by atoms with van der Waals surface area (Å²) in [5.41, 5.74) is -0.401. The summed E-state index contributed by atoms with van der Waals surface area (Å²) in [6, 6.07) is 0.236. The van der Waals surface area contributed by atoms with Crippen molar-refractivity contribution in [1.29, 1.82) is 0 Å². The van der Waals surface area contributed by atoms with Gasteiger partial charge in [-0.05, 0) is 52.4 Å². The molecule has 1 aliphatic rings. The molecule has 0 amide bonds. The summed E-state index contributed by atoms with van der Waals surface area (Å²) in [5.74, 6) is 1.24. The SMILES string of the molecule is CC(NC1CCC(C)C1C)C(=O)OC(C)(C)C. The summed E-state index contributed by atoms with van der Waals surface area (Å²) in [4.78, 5) is 11.8. The van der Waals surface area contributed by atoms with Crippen molar-refractivity contribution in [1.82, 2.24) is 5.32 Å². The first-order chi connectivity index (χ1) is 7.70. The molecule has 0 saturated heterocycles. The minimum Gasteiger partial charge on any atom is -0.459 e. The lowest BCUT2D eigenvalue weighted by molar-refractivity contribution is -0.157. The van der Waals surface area contributed by atoms with Gasteiger partial charge in [-0.15, -0.1) is 0 Å². The molecule has 0 aromatic carbocycles. The van der Waals surface area contributed by atoms with Crippen LogP contribution in [0.5, 0.6) is 0 Å². The standard InChI is InChI=1S/C14H27NO2/c1-9-7-8-12(10(9)2)15-11(3)13(16)17-14(4,5)6/h9-12,15H,7-8H2,1-6H3.